The van der Waals surface area contributed by atoms with Crippen molar-refractivity contribution in [1.82, 2.24) is 4.72 Å². The van der Waals surface area contributed by atoms with Gasteiger partial charge < -0.3 is 5.73 Å². The van der Waals surface area contributed by atoms with Gasteiger partial charge in [0.1, 0.15) is 5.54 Å². The quantitative estimate of drug-likeness (QED) is 0.805. The maximum atomic E-state index is 12.4. The lowest BCUT2D eigenvalue weighted by Gasteiger charge is -2.28. The van der Waals surface area contributed by atoms with Crippen LogP contribution in [-0.4, -0.2) is 19.9 Å². The molecule has 0 spiro atoms. The van der Waals surface area contributed by atoms with E-state index in [1.165, 1.54) is 17.4 Å². The number of sulfonamides is 1. The van der Waals surface area contributed by atoms with Crippen LogP contribution in [0.15, 0.2) is 14.7 Å². The van der Waals surface area contributed by atoms with E-state index < -0.39 is 21.5 Å². The van der Waals surface area contributed by atoms with E-state index >= 15 is 0 Å². The number of amides is 1. The second-order valence-electron chi connectivity index (χ2n) is 4.23. The van der Waals surface area contributed by atoms with Gasteiger partial charge in [0.05, 0.1) is 8.68 Å². The maximum absolute atomic E-state index is 12.4. The molecule has 1 aromatic rings. The standard InChI is InChI=1S/C11H17BrN2O3S2/c1-4-11(5-2,10(13)15)14-19(16,17)8-6-9(12)18-7(8)3/h6,14H,4-5H2,1-3H3,(H2,13,15). The molecule has 0 unspecified atom stereocenters. The van der Waals surface area contributed by atoms with Crippen LogP contribution >= 0.6 is 27.3 Å². The summed E-state index contributed by atoms with van der Waals surface area (Å²) in [4.78, 5) is 12.4. The fourth-order valence-corrected chi connectivity index (χ4v) is 5.73. The highest BCUT2D eigenvalue weighted by Gasteiger charge is 2.38. The van der Waals surface area contributed by atoms with E-state index in [-0.39, 0.29) is 4.90 Å². The van der Waals surface area contributed by atoms with Gasteiger partial charge in [-0.05, 0) is 41.8 Å². The number of hydrogen-bond acceptors (Lipinski definition) is 4. The van der Waals surface area contributed by atoms with Crippen molar-refractivity contribution in [2.45, 2.75) is 44.0 Å². The summed E-state index contributed by atoms with van der Waals surface area (Å²) in [6, 6.07) is 1.53. The zero-order valence-corrected chi connectivity index (χ0v) is 14.2. The zero-order valence-electron chi connectivity index (χ0n) is 11.0. The summed E-state index contributed by atoms with van der Waals surface area (Å²) >= 11 is 4.58. The van der Waals surface area contributed by atoms with Crippen molar-refractivity contribution in [3.05, 3.63) is 14.7 Å². The number of hydrogen-bond donors (Lipinski definition) is 2. The topological polar surface area (TPSA) is 89.3 Å². The van der Waals surface area contributed by atoms with Gasteiger partial charge in [0.2, 0.25) is 15.9 Å². The van der Waals surface area contributed by atoms with Gasteiger partial charge >= 0.3 is 0 Å². The lowest BCUT2D eigenvalue weighted by molar-refractivity contribution is -0.124. The van der Waals surface area contributed by atoms with Crippen molar-refractivity contribution in [1.29, 1.82) is 0 Å². The normalized spacial score (nSPS) is 12.6. The molecule has 0 aliphatic rings. The molecule has 3 N–H and O–H groups in total. The van der Waals surface area contributed by atoms with Gasteiger partial charge in [0, 0.05) is 4.88 Å². The summed E-state index contributed by atoms with van der Waals surface area (Å²) in [5, 5.41) is 0. The molecule has 1 heterocycles. The molecule has 0 radical (unpaired) electrons. The van der Waals surface area contributed by atoms with Crippen LogP contribution in [0.3, 0.4) is 0 Å². The van der Waals surface area contributed by atoms with Crippen LogP contribution in [0, 0.1) is 6.92 Å². The molecule has 8 heteroatoms. The van der Waals surface area contributed by atoms with Crippen molar-refractivity contribution < 1.29 is 13.2 Å². The fraction of sp³-hybridized carbons (Fsp3) is 0.545. The number of halogens is 1. The minimum Gasteiger partial charge on any atom is -0.368 e. The van der Waals surface area contributed by atoms with Crippen LogP contribution in [0.1, 0.15) is 31.6 Å². The Hall–Kier alpha value is -0.440. The largest absolute Gasteiger partial charge is 0.368 e. The van der Waals surface area contributed by atoms with Crippen LogP contribution in [0.4, 0.5) is 0 Å². The molecule has 0 aliphatic carbocycles. The van der Waals surface area contributed by atoms with Crippen molar-refractivity contribution in [2.24, 2.45) is 5.73 Å². The third kappa shape index (κ3) is 3.36. The number of carbonyl (C=O) groups excluding carboxylic acids is 1. The Morgan fingerprint density at radius 3 is 2.32 bits per heavy atom. The average Bonchev–Trinajstić information content (AvgIpc) is 2.66. The van der Waals surface area contributed by atoms with Crippen LogP contribution in [0.25, 0.3) is 0 Å². The van der Waals surface area contributed by atoms with Gasteiger partial charge in [-0.15, -0.1) is 11.3 Å². The second kappa shape index (κ2) is 5.90. The lowest BCUT2D eigenvalue weighted by atomic mass is 9.94. The molecule has 5 nitrogen and oxygen atoms in total. The van der Waals surface area contributed by atoms with Crippen LogP contribution in [0.5, 0.6) is 0 Å². The molecule has 1 amide bonds. The first-order chi connectivity index (χ1) is 8.68. The first kappa shape index (κ1) is 16.6. The van der Waals surface area contributed by atoms with E-state index in [4.69, 9.17) is 5.73 Å². The van der Waals surface area contributed by atoms with E-state index in [2.05, 4.69) is 20.7 Å². The van der Waals surface area contributed by atoms with E-state index in [0.717, 1.165) is 3.79 Å². The van der Waals surface area contributed by atoms with Crippen molar-refractivity contribution >= 4 is 43.2 Å². The number of nitrogens with two attached hydrogens (primary N) is 1. The monoisotopic (exact) mass is 368 g/mol. The minimum absolute atomic E-state index is 0.178. The lowest BCUT2D eigenvalue weighted by Crippen LogP contribution is -2.56. The predicted molar refractivity (Wildman–Crippen MR) is 79.6 cm³/mol. The molecule has 108 valence electrons. The van der Waals surface area contributed by atoms with Gasteiger partial charge in [-0.2, -0.15) is 4.72 Å². The zero-order chi connectivity index (χ0) is 14.8. The number of nitrogens with one attached hydrogen (secondary N) is 1. The molecule has 0 saturated carbocycles. The maximum Gasteiger partial charge on any atom is 0.242 e. The second-order valence-corrected chi connectivity index (χ2v) is 8.52. The van der Waals surface area contributed by atoms with Gasteiger partial charge in [0.25, 0.3) is 0 Å². The number of rotatable bonds is 6. The van der Waals surface area contributed by atoms with Gasteiger partial charge in [-0.25, -0.2) is 8.42 Å². The van der Waals surface area contributed by atoms with Crippen LogP contribution in [0.2, 0.25) is 0 Å². The van der Waals surface area contributed by atoms with Crippen molar-refractivity contribution in [3.63, 3.8) is 0 Å². The number of primary amides is 1. The molecule has 0 aromatic carbocycles. The molecule has 0 saturated heterocycles. The van der Waals surface area contributed by atoms with E-state index in [0.29, 0.717) is 17.7 Å². The molecule has 19 heavy (non-hydrogen) atoms. The Balaban J connectivity index is 3.22. The molecular weight excluding hydrogens is 352 g/mol. The Kier molecular flexibility index (Phi) is 5.16. The molecule has 1 rings (SSSR count). The highest BCUT2D eigenvalue weighted by molar-refractivity contribution is 9.11. The minimum atomic E-state index is -3.77. The Morgan fingerprint density at radius 2 is 2.00 bits per heavy atom. The van der Waals surface area contributed by atoms with Crippen molar-refractivity contribution in [2.75, 3.05) is 0 Å². The van der Waals surface area contributed by atoms with Crippen molar-refractivity contribution in [3.8, 4) is 0 Å². The average molecular weight is 369 g/mol. The molecule has 0 fully saturated rings. The van der Waals surface area contributed by atoms with Gasteiger partial charge in [-0.3, -0.25) is 4.79 Å². The summed E-state index contributed by atoms with van der Waals surface area (Å²) in [6.45, 7) is 5.17. The summed E-state index contributed by atoms with van der Waals surface area (Å²) in [5.41, 5.74) is 4.11. The first-order valence-electron chi connectivity index (χ1n) is 5.78. The predicted octanol–water partition coefficient (Wildman–Crippen LogP) is 2.14. The molecule has 0 aliphatic heterocycles. The highest BCUT2D eigenvalue weighted by Crippen LogP contribution is 2.30. The first-order valence-corrected chi connectivity index (χ1v) is 8.87. The summed E-state index contributed by atoms with van der Waals surface area (Å²) in [5.74, 6) is -0.659. The van der Waals surface area contributed by atoms with Crippen LogP contribution < -0.4 is 10.5 Å². The fourth-order valence-electron chi connectivity index (χ4n) is 1.80. The SMILES string of the molecule is CCC(CC)(NS(=O)(=O)c1cc(Br)sc1C)C(N)=O. The van der Waals surface area contributed by atoms with E-state index in [1.54, 1.807) is 20.8 Å². The number of aryl methyl sites for hydroxylation is 1. The van der Waals surface area contributed by atoms with Gasteiger partial charge in [0.15, 0.2) is 0 Å². The highest BCUT2D eigenvalue weighted by atomic mass is 79.9. The third-order valence-corrected chi connectivity index (χ3v) is 6.49. The molecule has 0 atom stereocenters. The molecular formula is C11H17BrN2O3S2. The number of carbonyl (C=O) groups is 1. The molecule has 0 bridgehead atoms. The summed E-state index contributed by atoms with van der Waals surface area (Å²) in [7, 11) is -3.77. The molecule has 1 aromatic heterocycles. The van der Waals surface area contributed by atoms with Crippen LogP contribution in [-0.2, 0) is 14.8 Å². The van der Waals surface area contributed by atoms with E-state index in [9.17, 15) is 13.2 Å². The Morgan fingerprint density at radius 1 is 1.47 bits per heavy atom. The van der Waals surface area contributed by atoms with Gasteiger partial charge in [-0.1, -0.05) is 13.8 Å². The summed E-state index contributed by atoms with van der Waals surface area (Å²) in [6.07, 6.45) is 0.616. The van der Waals surface area contributed by atoms with E-state index in [1.807, 2.05) is 0 Å². The third-order valence-electron chi connectivity index (χ3n) is 3.14. The Labute approximate surface area is 125 Å². The Bertz CT molecular complexity index is 577. The smallest absolute Gasteiger partial charge is 0.242 e. The number of thiophene rings is 1. The summed E-state index contributed by atoms with van der Waals surface area (Å²) < 4.78 is 27.9.